The van der Waals surface area contributed by atoms with Crippen molar-refractivity contribution in [3.8, 4) is 0 Å². The average Bonchev–Trinajstić information content (AvgIpc) is 2.49. The first kappa shape index (κ1) is 9.81. The summed E-state index contributed by atoms with van der Waals surface area (Å²) in [6.07, 6.45) is 3.00. The van der Waals surface area contributed by atoms with Crippen molar-refractivity contribution in [3.05, 3.63) is 0 Å². The van der Waals surface area contributed by atoms with E-state index in [0.29, 0.717) is 6.10 Å². The lowest BCUT2D eigenvalue weighted by Crippen LogP contribution is -2.46. The second-order valence-electron chi connectivity index (χ2n) is 4.30. The third-order valence-electron chi connectivity index (χ3n) is 3.19. The molecule has 76 valence electrons. The van der Waals surface area contributed by atoms with Crippen molar-refractivity contribution in [1.82, 2.24) is 5.32 Å². The topological polar surface area (TPSA) is 21.3 Å². The van der Waals surface area contributed by atoms with Crippen LogP contribution in [0.2, 0.25) is 0 Å². The Bertz CT molecular complexity index is 182. The zero-order chi connectivity index (χ0) is 9.31. The van der Waals surface area contributed by atoms with Gasteiger partial charge in [-0.1, -0.05) is 0 Å². The van der Waals surface area contributed by atoms with Crippen LogP contribution < -0.4 is 5.32 Å². The Hall–Kier alpha value is 0.270. The molecule has 2 heterocycles. The number of rotatable bonds is 1. The Morgan fingerprint density at radius 3 is 2.62 bits per heavy atom. The van der Waals surface area contributed by atoms with Crippen LogP contribution in [-0.2, 0) is 4.74 Å². The molecule has 0 aromatic heterocycles. The summed E-state index contributed by atoms with van der Waals surface area (Å²) in [5.41, 5.74) is -0.0274. The highest BCUT2D eigenvalue weighted by Crippen LogP contribution is 2.35. The predicted molar refractivity (Wildman–Crippen MR) is 57.0 cm³/mol. The van der Waals surface area contributed by atoms with Crippen LogP contribution >= 0.6 is 11.8 Å². The van der Waals surface area contributed by atoms with Gasteiger partial charge in [-0.05, 0) is 38.2 Å². The van der Waals surface area contributed by atoms with Gasteiger partial charge in [-0.2, -0.15) is 11.8 Å². The molecule has 2 aliphatic rings. The molecule has 2 aliphatic heterocycles. The molecule has 2 fully saturated rings. The van der Waals surface area contributed by atoms with Crippen LogP contribution in [0.25, 0.3) is 0 Å². The number of hydrogen-bond donors (Lipinski definition) is 1. The van der Waals surface area contributed by atoms with Gasteiger partial charge >= 0.3 is 0 Å². The molecule has 0 saturated carbocycles. The Morgan fingerprint density at radius 1 is 1.38 bits per heavy atom. The molecule has 2 nitrogen and oxygen atoms in total. The highest BCUT2D eigenvalue weighted by atomic mass is 32.2. The maximum Gasteiger partial charge on any atom is 0.119 e. The Labute approximate surface area is 84.8 Å². The SMILES string of the molecule is CC1CNC(C)(C2CCSCC2)O1. The summed E-state index contributed by atoms with van der Waals surface area (Å²) in [6.45, 7) is 5.38. The molecule has 0 amide bonds. The summed E-state index contributed by atoms with van der Waals surface area (Å²) >= 11 is 2.07. The van der Waals surface area contributed by atoms with Crippen molar-refractivity contribution < 1.29 is 4.74 Å². The standard InChI is InChI=1S/C10H19NOS/c1-8-7-11-10(2,12-8)9-3-5-13-6-4-9/h8-9,11H,3-7H2,1-2H3. The smallest absolute Gasteiger partial charge is 0.119 e. The first-order chi connectivity index (χ1) is 6.21. The minimum atomic E-state index is -0.0274. The lowest BCUT2D eigenvalue weighted by Gasteiger charge is -2.36. The van der Waals surface area contributed by atoms with E-state index in [1.54, 1.807) is 0 Å². The van der Waals surface area contributed by atoms with Crippen molar-refractivity contribution in [2.24, 2.45) is 5.92 Å². The lowest BCUT2D eigenvalue weighted by molar-refractivity contribution is -0.0738. The number of nitrogens with one attached hydrogen (secondary N) is 1. The number of hydrogen-bond acceptors (Lipinski definition) is 3. The van der Waals surface area contributed by atoms with E-state index < -0.39 is 0 Å². The maximum atomic E-state index is 5.97. The van der Waals surface area contributed by atoms with E-state index in [1.807, 2.05) is 0 Å². The van der Waals surface area contributed by atoms with Gasteiger partial charge in [-0.25, -0.2) is 0 Å². The second kappa shape index (κ2) is 3.79. The monoisotopic (exact) mass is 201 g/mol. The van der Waals surface area contributed by atoms with Crippen molar-refractivity contribution in [3.63, 3.8) is 0 Å². The van der Waals surface area contributed by atoms with Gasteiger partial charge in [-0.3, -0.25) is 5.32 Å². The molecule has 0 bridgehead atoms. The molecule has 0 radical (unpaired) electrons. The highest BCUT2D eigenvalue weighted by Gasteiger charge is 2.40. The van der Waals surface area contributed by atoms with Gasteiger partial charge in [0.05, 0.1) is 6.10 Å². The molecular formula is C10H19NOS. The molecule has 2 unspecified atom stereocenters. The van der Waals surface area contributed by atoms with E-state index in [0.717, 1.165) is 12.5 Å². The molecule has 0 aromatic carbocycles. The van der Waals surface area contributed by atoms with Crippen molar-refractivity contribution in [1.29, 1.82) is 0 Å². The normalized spacial score (nSPS) is 42.5. The molecule has 0 aromatic rings. The van der Waals surface area contributed by atoms with Gasteiger partial charge in [0.15, 0.2) is 0 Å². The molecule has 2 rings (SSSR count). The molecule has 0 spiro atoms. The third kappa shape index (κ3) is 2.03. The molecular weight excluding hydrogens is 182 g/mol. The fourth-order valence-corrected chi connectivity index (χ4v) is 3.44. The van der Waals surface area contributed by atoms with Crippen LogP contribution in [0.15, 0.2) is 0 Å². The minimum absolute atomic E-state index is 0.0274. The van der Waals surface area contributed by atoms with Crippen LogP contribution in [0.4, 0.5) is 0 Å². The van der Waals surface area contributed by atoms with Crippen molar-refractivity contribution >= 4 is 11.8 Å². The first-order valence-corrected chi connectivity index (χ1v) is 6.37. The molecule has 2 saturated heterocycles. The lowest BCUT2D eigenvalue weighted by atomic mass is 9.91. The quantitative estimate of drug-likeness (QED) is 0.699. The largest absolute Gasteiger partial charge is 0.356 e. The van der Waals surface area contributed by atoms with Gasteiger partial charge in [-0.15, -0.1) is 0 Å². The molecule has 1 N–H and O–H groups in total. The van der Waals surface area contributed by atoms with E-state index in [9.17, 15) is 0 Å². The summed E-state index contributed by atoms with van der Waals surface area (Å²) in [6, 6.07) is 0. The van der Waals surface area contributed by atoms with E-state index in [2.05, 4.69) is 30.9 Å². The van der Waals surface area contributed by atoms with E-state index >= 15 is 0 Å². The van der Waals surface area contributed by atoms with Gasteiger partial charge in [0, 0.05) is 12.5 Å². The fraction of sp³-hybridized carbons (Fsp3) is 1.00. The average molecular weight is 201 g/mol. The van der Waals surface area contributed by atoms with Crippen LogP contribution in [0.1, 0.15) is 26.7 Å². The number of ether oxygens (including phenoxy) is 1. The fourth-order valence-electron chi connectivity index (χ4n) is 2.34. The van der Waals surface area contributed by atoms with Crippen molar-refractivity contribution in [2.45, 2.75) is 38.5 Å². The molecule has 2 atom stereocenters. The third-order valence-corrected chi connectivity index (χ3v) is 4.24. The zero-order valence-electron chi connectivity index (χ0n) is 8.51. The molecule has 13 heavy (non-hydrogen) atoms. The van der Waals surface area contributed by atoms with Crippen molar-refractivity contribution in [2.75, 3.05) is 18.1 Å². The molecule has 0 aliphatic carbocycles. The Morgan fingerprint density at radius 2 is 2.08 bits per heavy atom. The summed E-state index contributed by atoms with van der Waals surface area (Å²) in [5, 5.41) is 3.52. The summed E-state index contributed by atoms with van der Waals surface area (Å²) in [4.78, 5) is 0. The number of thioether (sulfide) groups is 1. The summed E-state index contributed by atoms with van der Waals surface area (Å²) in [7, 11) is 0. The van der Waals surface area contributed by atoms with Gasteiger partial charge in [0.2, 0.25) is 0 Å². The van der Waals surface area contributed by atoms with Crippen LogP contribution in [0.5, 0.6) is 0 Å². The van der Waals surface area contributed by atoms with E-state index in [4.69, 9.17) is 4.74 Å². The summed E-state index contributed by atoms with van der Waals surface area (Å²) < 4.78 is 5.97. The Balaban J connectivity index is 1.97. The minimum Gasteiger partial charge on any atom is -0.356 e. The predicted octanol–water partition coefficient (Wildman–Crippen LogP) is 1.85. The highest BCUT2D eigenvalue weighted by molar-refractivity contribution is 7.99. The molecule has 3 heteroatoms. The van der Waals surface area contributed by atoms with Gasteiger partial charge < -0.3 is 4.74 Å². The van der Waals surface area contributed by atoms with Gasteiger partial charge in [0.25, 0.3) is 0 Å². The first-order valence-electron chi connectivity index (χ1n) is 5.21. The summed E-state index contributed by atoms with van der Waals surface area (Å²) in [5.74, 6) is 3.33. The van der Waals surface area contributed by atoms with Crippen LogP contribution in [-0.4, -0.2) is 29.9 Å². The van der Waals surface area contributed by atoms with Gasteiger partial charge in [0.1, 0.15) is 5.72 Å². The maximum absolute atomic E-state index is 5.97. The van der Waals surface area contributed by atoms with Crippen LogP contribution in [0.3, 0.4) is 0 Å². The van der Waals surface area contributed by atoms with E-state index in [-0.39, 0.29) is 5.72 Å². The van der Waals surface area contributed by atoms with Crippen LogP contribution in [0, 0.1) is 5.92 Å². The Kier molecular flexibility index (Phi) is 2.86. The van der Waals surface area contributed by atoms with E-state index in [1.165, 1.54) is 24.3 Å². The zero-order valence-corrected chi connectivity index (χ0v) is 9.32. The second-order valence-corrected chi connectivity index (χ2v) is 5.53.